The van der Waals surface area contributed by atoms with Crippen molar-refractivity contribution in [3.63, 3.8) is 0 Å². The zero-order valence-electron chi connectivity index (χ0n) is 12.4. The van der Waals surface area contributed by atoms with E-state index < -0.39 is 0 Å². The molecule has 0 saturated carbocycles. The fraction of sp³-hybridized carbons (Fsp3) is 0.333. The van der Waals surface area contributed by atoms with Gasteiger partial charge in [-0.25, -0.2) is 4.39 Å². The summed E-state index contributed by atoms with van der Waals surface area (Å²) in [4.78, 5) is 0. The van der Waals surface area contributed by atoms with E-state index >= 15 is 0 Å². The van der Waals surface area contributed by atoms with Gasteiger partial charge in [0.15, 0.2) is 0 Å². The van der Waals surface area contributed by atoms with Crippen LogP contribution in [0.5, 0.6) is 5.75 Å². The molecule has 1 aliphatic rings. The van der Waals surface area contributed by atoms with E-state index in [9.17, 15) is 4.39 Å². The maximum absolute atomic E-state index is 13.5. The van der Waals surface area contributed by atoms with Crippen LogP contribution < -0.4 is 10.1 Å². The second kappa shape index (κ2) is 5.86. The Hall–Kier alpha value is -1.87. The van der Waals surface area contributed by atoms with Crippen LogP contribution in [0.1, 0.15) is 28.3 Å². The number of hydrogen-bond donors (Lipinski definition) is 1. The summed E-state index contributed by atoms with van der Waals surface area (Å²) in [6, 6.07) is 11.4. The van der Waals surface area contributed by atoms with E-state index in [1.54, 1.807) is 13.2 Å². The normalized spacial score (nSPS) is 17.4. The summed E-state index contributed by atoms with van der Waals surface area (Å²) in [5, 5.41) is 3.54. The number of hydrogen-bond acceptors (Lipinski definition) is 2. The molecular weight excluding hydrogens is 265 g/mol. The molecule has 2 aromatic rings. The van der Waals surface area contributed by atoms with Crippen LogP contribution in [0.3, 0.4) is 0 Å². The molecule has 0 radical (unpaired) electrons. The van der Waals surface area contributed by atoms with Crippen LogP contribution in [0.4, 0.5) is 4.39 Å². The first-order valence-electron chi connectivity index (χ1n) is 7.33. The summed E-state index contributed by atoms with van der Waals surface area (Å²) < 4.78 is 18.9. The van der Waals surface area contributed by atoms with E-state index in [0.717, 1.165) is 36.3 Å². The number of ether oxygens (including phenoxy) is 1. The first kappa shape index (κ1) is 14.1. The van der Waals surface area contributed by atoms with Gasteiger partial charge < -0.3 is 10.1 Å². The van der Waals surface area contributed by atoms with Gasteiger partial charge in [-0.2, -0.15) is 0 Å². The molecule has 0 spiro atoms. The Bertz CT molecular complexity index is 654. The molecule has 2 aromatic carbocycles. The SMILES string of the molecule is COc1cccc2c1CCNC2Cc1cc(F)ccc1C. The van der Waals surface area contributed by atoms with Gasteiger partial charge in [0.05, 0.1) is 7.11 Å². The van der Waals surface area contributed by atoms with Crippen molar-refractivity contribution >= 4 is 0 Å². The zero-order chi connectivity index (χ0) is 14.8. The van der Waals surface area contributed by atoms with Gasteiger partial charge in [0.2, 0.25) is 0 Å². The van der Waals surface area contributed by atoms with Crippen LogP contribution in [0.2, 0.25) is 0 Å². The summed E-state index contributed by atoms with van der Waals surface area (Å²) in [5.41, 5.74) is 4.73. The summed E-state index contributed by atoms with van der Waals surface area (Å²) in [6.45, 7) is 2.95. The van der Waals surface area contributed by atoms with Gasteiger partial charge in [0.25, 0.3) is 0 Å². The Morgan fingerprint density at radius 2 is 2.14 bits per heavy atom. The summed E-state index contributed by atoms with van der Waals surface area (Å²) in [6.07, 6.45) is 1.77. The lowest BCUT2D eigenvalue weighted by Crippen LogP contribution is -2.31. The molecule has 1 heterocycles. The Kier molecular flexibility index (Phi) is 3.93. The molecule has 0 fully saturated rings. The van der Waals surface area contributed by atoms with Gasteiger partial charge in [0.1, 0.15) is 11.6 Å². The van der Waals surface area contributed by atoms with Gasteiger partial charge in [-0.15, -0.1) is 0 Å². The number of methoxy groups -OCH3 is 1. The molecule has 0 amide bonds. The van der Waals surface area contributed by atoms with Crippen molar-refractivity contribution in [3.05, 3.63) is 64.5 Å². The minimum Gasteiger partial charge on any atom is -0.496 e. The quantitative estimate of drug-likeness (QED) is 0.931. The summed E-state index contributed by atoms with van der Waals surface area (Å²) in [7, 11) is 1.71. The highest BCUT2D eigenvalue weighted by Gasteiger charge is 2.22. The van der Waals surface area contributed by atoms with Crippen molar-refractivity contribution in [3.8, 4) is 5.75 Å². The molecule has 3 heteroatoms. The maximum atomic E-state index is 13.5. The Morgan fingerprint density at radius 3 is 2.95 bits per heavy atom. The largest absolute Gasteiger partial charge is 0.496 e. The number of aryl methyl sites for hydroxylation is 1. The Morgan fingerprint density at radius 1 is 1.29 bits per heavy atom. The number of rotatable bonds is 3. The molecule has 1 aliphatic heterocycles. The van der Waals surface area contributed by atoms with Crippen LogP contribution in [-0.4, -0.2) is 13.7 Å². The first-order chi connectivity index (χ1) is 10.2. The molecule has 2 nitrogen and oxygen atoms in total. The van der Waals surface area contributed by atoms with Gasteiger partial charge >= 0.3 is 0 Å². The third-order valence-electron chi connectivity index (χ3n) is 4.27. The smallest absolute Gasteiger partial charge is 0.123 e. The van der Waals surface area contributed by atoms with Crippen molar-refractivity contribution in [2.24, 2.45) is 0 Å². The van der Waals surface area contributed by atoms with Gasteiger partial charge in [-0.05, 0) is 61.2 Å². The van der Waals surface area contributed by atoms with Crippen molar-refractivity contribution in [2.75, 3.05) is 13.7 Å². The van der Waals surface area contributed by atoms with E-state index in [-0.39, 0.29) is 11.9 Å². The molecule has 0 aliphatic carbocycles. The topological polar surface area (TPSA) is 21.3 Å². The van der Waals surface area contributed by atoms with Crippen molar-refractivity contribution in [1.82, 2.24) is 5.32 Å². The van der Waals surface area contributed by atoms with E-state index in [2.05, 4.69) is 11.4 Å². The van der Waals surface area contributed by atoms with Crippen LogP contribution >= 0.6 is 0 Å². The average Bonchev–Trinajstić information content (AvgIpc) is 2.50. The molecule has 21 heavy (non-hydrogen) atoms. The standard InChI is InChI=1S/C18H20FNO/c1-12-6-7-14(19)10-13(12)11-17-15-4-3-5-18(21-2)16(15)8-9-20-17/h3-7,10,17,20H,8-9,11H2,1-2H3. The molecule has 0 aromatic heterocycles. The lowest BCUT2D eigenvalue weighted by molar-refractivity contribution is 0.400. The third-order valence-corrected chi connectivity index (χ3v) is 4.27. The minimum absolute atomic E-state index is 0.169. The van der Waals surface area contributed by atoms with E-state index in [0.29, 0.717) is 0 Å². The number of halogens is 1. The lowest BCUT2D eigenvalue weighted by atomic mass is 9.89. The van der Waals surface area contributed by atoms with Crippen molar-refractivity contribution in [1.29, 1.82) is 0 Å². The third kappa shape index (κ3) is 2.79. The molecular formula is C18H20FNO. The fourth-order valence-corrected chi connectivity index (χ4v) is 3.11. The summed E-state index contributed by atoms with van der Waals surface area (Å²) >= 11 is 0. The molecule has 1 N–H and O–H groups in total. The first-order valence-corrected chi connectivity index (χ1v) is 7.33. The molecule has 1 unspecified atom stereocenters. The fourth-order valence-electron chi connectivity index (χ4n) is 3.11. The second-order valence-electron chi connectivity index (χ2n) is 5.56. The van der Waals surface area contributed by atoms with E-state index in [1.807, 2.05) is 25.1 Å². The molecule has 110 valence electrons. The average molecular weight is 285 g/mol. The van der Waals surface area contributed by atoms with Crippen molar-refractivity contribution in [2.45, 2.75) is 25.8 Å². The van der Waals surface area contributed by atoms with Gasteiger partial charge in [0, 0.05) is 11.6 Å². The van der Waals surface area contributed by atoms with Crippen LogP contribution in [-0.2, 0) is 12.8 Å². The highest BCUT2D eigenvalue weighted by molar-refractivity contribution is 5.44. The second-order valence-corrected chi connectivity index (χ2v) is 5.56. The maximum Gasteiger partial charge on any atom is 0.123 e. The lowest BCUT2D eigenvalue weighted by Gasteiger charge is -2.28. The van der Waals surface area contributed by atoms with Gasteiger partial charge in [-0.3, -0.25) is 0 Å². The number of benzene rings is 2. The number of nitrogens with one attached hydrogen (secondary N) is 1. The van der Waals surface area contributed by atoms with E-state index in [1.165, 1.54) is 17.2 Å². The monoisotopic (exact) mass is 285 g/mol. The van der Waals surface area contributed by atoms with Crippen molar-refractivity contribution < 1.29 is 9.13 Å². The van der Waals surface area contributed by atoms with Crippen LogP contribution in [0, 0.1) is 12.7 Å². The summed E-state index contributed by atoms with van der Waals surface area (Å²) in [5.74, 6) is 0.784. The predicted octanol–water partition coefficient (Wildman–Crippen LogP) is 3.57. The molecule has 0 saturated heterocycles. The van der Waals surface area contributed by atoms with Gasteiger partial charge in [-0.1, -0.05) is 18.2 Å². The number of fused-ring (bicyclic) bond motifs is 1. The molecule has 3 rings (SSSR count). The molecule has 0 bridgehead atoms. The predicted molar refractivity (Wildman–Crippen MR) is 82.3 cm³/mol. The van der Waals surface area contributed by atoms with Crippen LogP contribution in [0.15, 0.2) is 36.4 Å². The Labute approximate surface area is 125 Å². The zero-order valence-corrected chi connectivity index (χ0v) is 12.4. The Balaban J connectivity index is 1.94. The minimum atomic E-state index is -0.169. The highest BCUT2D eigenvalue weighted by Crippen LogP contribution is 2.32. The molecule has 1 atom stereocenters. The highest BCUT2D eigenvalue weighted by atomic mass is 19.1. The van der Waals surface area contributed by atoms with Crippen LogP contribution in [0.25, 0.3) is 0 Å². The van der Waals surface area contributed by atoms with E-state index in [4.69, 9.17) is 4.74 Å².